The lowest BCUT2D eigenvalue weighted by Crippen LogP contribution is -2.33. The van der Waals surface area contributed by atoms with Gasteiger partial charge >= 0.3 is 0 Å². The van der Waals surface area contributed by atoms with E-state index in [1.165, 1.54) is 11.8 Å². The van der Waals surface area contributed by atoms with Crippen LogP contribution in [0.2, 0.25) is 0 Å². The molecular weight excluding hydrogens is 476 g/mol. The summed E-state index contributed by atoms with van der Waals surface area (Å²) >= 11 is 4.64. The highest BCUT2D eigenvalue weighted by Gasteiger charge is 2.19. The van der Waals surface area contributed by atoms with Crippen LogP contribution in [0.1, 0.15) is 24.5 Å². The monoisotopic (exact) mass is 498 g/mol. The van der Waals surface area contributed by atoms with Crippen molar-refractivity contribution in [2.45, 2.75) is 38.9 Å². The lowest BCUT2D eigenvalue weighted by molar-refractivity contribution is -0.116. The third-order valence-electron chi connectivity index (χ3n) is 4.79. The number of aryl methyl sites for hydroxylation is 2. The zero-order valence-electron chi connectivity index (χ0n) is 17.7. The Hall–Kier alpha value is -2.63. The second-order valence-corrected chi connectivity index (χ2v) is 9.05. The molecule has 31 heavy (non-hydrogen) atoms. The molecule has 0 fully saturated rings. The average molecular weight is 499 g/mol. The van der Waals surface area contributed by atoms with Crippen LogP contribution in [-0.4, -0.2) is 27.8 Å². The number of rotatable bonds is 7. The van der Waals surface area contributed by atoms with Gasteiger partial charge in [-0.25, -0.2) is 4.98 Å². The molecule has 0 unspecified atom stereocenters. The fraction of sp³-hybridized carbons (Fsp3) is 0.304. The van der Waals surface area contributed by atoms with E-state index in [9.17, 15) is 9.59 Å². The Labute approximate surface area is 194 Å². The maximum absolute atomic E-state index is 13.1. The molecule has 1 aromatic heterocycles. The molecule has 1 heterocycles. The molecule has 0 radical (unpaired) electrons. The lowest BCUT2D eigenvalue weighted by atomic mass is 10.1. The van der Waals surface area contributed by atoms with E-state index in [2.05, 4.69) is 27.0 Å². The van der Waals surface area contributed by atoms with Gasteiger partial charge in [0.2, 0.25) is 5.91 Å². The number of carbonyl (C=O) groups is 1. The van der Waals surface area contributed by atoms with Crippen LogP contribution in [0, 0.1) is 25.2 Å². The number of hydrogen-bond donors (Lipinski definition) is 0. The minimum atomic E-state index is -0.127. The van der Waals surface area contributed by atoms with Crippen molar-refractivity contribution in [1.29, 1.82) is 5.26 Å². The minimum absolute atomic E-state index is 0.118. The molecule has 0 aliphatic rings. The number of thioether (sulfide) groups is 1. The molecule has 0 saturated heterocycles. The summed E-state index contributed by atoms with van der Waals surface area (Å²) in [7, 11) is 0. The second kappa shape index (κ2) is 10.1. The van der Waals surface area contributed by atoms with Crippen molar-refractivity contribution in [3.63, 3.8) is 0 Å². The standard InChI is InChI=1S/C23H23BrN4O2S/c1-4-27-22(30)19-13-17(24)6-7-20(19)26-23(27)31-14-21(29)28(9-5-8-25)18-11-15(2)10-16(3)12-18/h6-7,10-13H,4-5,9,14H2,1-3H3. The summed E-state index contributed by atoms with van der Waals surface area (Å²) in [6, 6.07) is 13.4. The van der Waals surface area contributed by atoms with Gasteiger partial charge in [0, 0.05) is 23.2 Å². The van der Waals surface area contributed by atoms with Crippen LogP contribution < -0.4 is 10.5 Å². The van der Waals surface area contributed by atoms with Crippen molar-refractivity contribution in [3.8, 4) is 6.07 Å². The normalized spacial score (nSPS) is 10.8. The fourth-order valence-corrected chi connectivity index (χ4v) is 4.73. The van der Waals surface area contributed by atoms with Gasteiger partial charge in [0.1, 0.15) is 0 Å². The Bertz CT molecular complexity index is 1210. The molecule has 160 valence electrons. The highest BCUT2D eigenvalue weighted by Crippen LogP contribution is 2.24. The van der Waals surface area contributed by atoms with Crippen molar-refractivity contribution in [2.75, 3.05) is 17.2 Å². The number of hydrogen-bond acceptors (Lipinski definition) is 5. The van der Waals surface area contributed by atoms with Crippen LogP contribution in [0.3, 0.4) is 0 Å². The number of carbonyl (C=O) groups excluding carboxylic acids is 1. The highest BCUT2D eigenvalue weighted by atomic mass is 79.9. The summed E-state index contributed by atoms with van der Waals surface area (Å²) in [4.78, 5) is 32.3. The number of anilines is 1. The number of nitriles is 1. The number of aromatic nitrogens is 2. The SMILES string of the molecule is CCn1c(SCC(=O)N(CCC#N)c2cc(C)cc(C)c2)nc2ccc(Br)cc2c1=O. The molecule has 0 N–H and O–H groups in total. The number of halogens is 1. The first-order chi connectivity index (χ1) is 14.8. The van der Waals surface area contributed by atoms with Gasteiger partial charge in [-0.05, 0) is 62.2 Å². The quantitative estimate of drug-likeness (QED) is 0.344. The first-order valence-corrected chi connectivity index (χ1v) is 11.7. The van der Waals surface area contributed by atoms with Gasteiger partial charge in [-0.1, -0.05) is 33.8 Å². The predicted octanol–water partition coefficient (Wildman–Crippen LogP) is 4.83. The van der Waals surface area contributed by atoms with Crippen LogP contribution in [0.25, 0.3) is 10.9 Å². The Morgan fingerprint density at radius 1 is 1.23 bits per heavy atom. The van der Waals surface area contributed by atoms with E-state index in [1.54, 1.807) is 21.6 Å². The van der Waals surface area contributed by atoms with Gasteiger partial charge in [0.15, 0.2) is 5.16 Å². The van der Waals surface area contributed by atoms with Gasteiger partial charge in [-0.2, -0.15) is 5.26 Å². The van der Waals surface area contributed by atoms with E-state index in [1.807, 2.05) is 45.0 Å². The van der Waals surface area contributed by atoms with Gasteiger partial charge in [0.25, 0.3) is 5.56 Å². The molecule has 0 atom stereocenters. The molecule has 0 saturated carbocycles. The summed E-state index contributed by atoms with van der Waals surface area (Å²) in [5.41, 5.74) is 3.37. The van der Waals surface area contributed by atoms with Crippen molar-refractivity contribution >= 4 is 50.2 Å². The summed E-state index contributed by atoms with van der Waals surface area (Å²) in [6.07, 6.45) is 0.242. The smallest absolute Gasteiger partial charge is 0.262 e. The topological polar surface area (TPSA) is 79.0 Å². The van der Waals surface area contributed by atoms with Crippen LogP contribution in [0.5, 0.6) is 0 Å². The summed E-state index contributed by atoms with van der Waals surface area (Å²) < 4.78 is 2.40. The first-order valence-electron chi connectivity index (χ1n) is 9.92. The molecule has 6 nitrogen and oxygen atoms in total. The third kappa shape index (κ3) is 5.35. The molecule has 0 aliphatic carbocycles. The zero-order valence-corrected chi connectivity index (χ0v) is 20.1. The molecule has 1 amide bonds. The van der Waals surface area contributed by atoms with Crippen molar-refractivity contribution in [2.24, 2.45) is 0 Å². The molecule has 0 aliphatic heterocycles. The average Bonchev–Trinajstić information content (AvgIpc) is 2.72. The van der Waals surface area contributed by atoms with E-state index in [0.717, 1.165) is 21.3 Å². The number of fused-ring (bicyclic) bond motifs is 1. The number of amides is 1. The molecule has 8 heteroatoms. The predicted molar refractivity (Wildman–Crippen MR) is 129 cm³/mol. The maximum Gasteiger partial charge on any atom is 0.262 e. The summed E-state index contributed by atoms with van der Waals surface area (Å²) in [5.74, 6) is -0.00885. The maximum atomic E-state index is 13.1. The van der Waals surface area contributed by atoms with Crippen molar-refractivity contribution < 1.29 is 4.79 Å². The van der Waals surface area contributed by atoms with Gasteiger partial charge < -0.3 is 4.90 Å². The zero-order chi connectivity index (χ0) is 22.5. The highest BCUT2D eigenvalue weighted by molar-refractivity contribution is 9.10. The van der Waals surface area contributed by atoms with E-state index >= 15 is 0 Å². The minimum Gasteiger partial charge on any atom is -0.311 e. The molecule has 0 spiro atoms. The number of nitrogens with zero attached hydrogens (tertiary/aromatic N) is 4. The van der Waals surface area contributed by atoms with Crippen molar-refractivity contribution in [1.82, 2.24) is 9.55 Å². The van der Waals surface area contributed by atoms with Crippen LogP contribution in [0.15, 0.2) is 50.8 Å². The Kier molecular flexibility index (Phi) is 7.52. The largest absolute Gasteiger partial charge is 0.311 e. The Morgan fingerprint density at radius 2 is 1.94 bits per heavy atom. The van der Waals surface area contributed by atoms with E-state index < -0.39 is 0 Å². The second-order valence-electron chi connectivity index (χ2n) is 7.19. The number of benzene rings is 2. The molecule has 3 rings (SSSR count). The molecule has 2 aromatic carbocycles. The van der Waals surface area contributed by atoms with E-state index in [-0.39, 0.29) is 23.6 Å². The third-order valence-corrected chi connectivity index (χ3v) is 6.24. The van der Waals surface area contributed by atoms with Gasteiger partial charge in [-0.15, -0.1) is 0 Å². The molecule has 0 bridgehead atoms. The van der Waals surface area contributed by atoms with Gasteiger partial charge in [-0.3, -0.25) is 14.2 Å². The Morgan fingerprint density at radius 3 is 2.58 bits per heavy atom. The summed E-state index contributed by atoms with van der Waals surface area (Å²) in [5, 5.41) is 10.1. The Balaban J connectivity index is 1.90. The van der Waals surface area contributed by atoms with Crippen LogP contribution in [0.4, 0.5) is 5.69 Å². The first kappa shape index (κ1) is 23.0. The summed E-state index contributed by atoms with van der Waals surface area (Å²) in [6.45, 7) is 6.62. The molecule has 3 aromatic rings. The fourth-order valence-electron chi connectivity index (χ4n) is 3.43. The van der Waals surface area contributed by atoms with E-state index in [4.69, 9.17) is 5.26 Å². The lowest BCUT2D eigenvalue weighted by Gasteiger charge is -2.23. The van der Waals surface area contributed by atoms with Crippen LogP contribution in [-0.2, 0) is 11.3 Å². The van der Waals surface area contributed by atoms with Crippen LogP contribution >= 0.6 is 27.7 Å². The van der Waals surface area contributed by atoms with Crippen molar-refractivity contribution in [3.05, 3.63) is 62.4 Å². The van der Waals surface area contributed by atoms with E-state index in [0.29, 0.717) is 29.1 Å². The molecular formula is C23H23BrN4O2S. The van der Waals surface area contributed by atoms with Gasteiger partial charge in [0.05, 0.1) is 29.1 Å².